The zero-order valence-corrected chi connectivity index (χ0v) is 18.3. The summed E-state index contributed by atoms with van der Waals surface area (Å²) in [5, 5.41) is 16.2. The van der Waals surface area contributed by atoms with Gasteiger partial charge in [-0.2, -0.15) is 0 Å². The summed E-state index contributed by atoms with van der Waals surface area (Å²) in [6.07, 6.45) is 4.46. The summed E-state index contributed by atoms with van der Waals surface area (Å²) in [5.74, 6) is 0.231. The summed E-state index contributed by atoms with van der Waals surface area (Å²) in [6, 6.07) is 11.1. The number of nitro groups is 1. The van der Waals surface area contributed by atoms with E-state index in [2.05, 4.69) is 33.5 Å². The minimum Gasteiger partial charge on any atom is -0.492 e. The molecule has 0 fully saturated rings. The van der Waals surface area contributed by atoms with E-state index in [0.29, 0.717) is 22.4 Å². The number of benzene rings is 2. The van der Waals surface area contributed by atoms with E-state index < -0.39 is 10.8 Å². The lowest BCUT2D eigenvalue weighted by Gasteiger charge is -2.12. The van der Waals surface area contributed by atoms with Gasteiger partial charge in [-0.05, 0) is 58.8 Å². The Morgan fingerprint density at radius 1 is 1.21 bits per heavy atom. The smallest absolute Gasteiger partial charge is 0.292 e. The molecule has 0 bridgehead atoms. The van der Waals surface area contributed by atoms with Gasteiger partial charge in [0.25, 0.3) is 11.6 Å². The van der Waals surface area contributed by atoms with Crippen LogP contribution in [0.25, 0.3) is 0 Å². The Labute approximate surface area is 183 Å². The van der Waals surface area contributed by atoms with Crippen molar-refractivity contribution < 1.29 is 14.5 Å². The molecule has 0 aliphatic carbocycles. The molecule has 2 aromatic carbocycles. The van der Waals surface area contributed by atoms with E-state index in [1.807, 2.05) is 0 Å². The van der Waals surface area contributed by atoms with E-state index >= 15 is 0 Å². The summed E-state index contributed by atoms with van der Waals surface area (Å²) in [4.78, 5) is 23.0. The van der Waals surface area contributed by atoms with Crippen LogP contribution in [0.4, 0.5) is 11.4 Å². The van der Waals surface area contributed by atoms with Gasteiger partial charge >= 0.3 is 0 Å². The topological polar surface area (TPSA) is 93.5 Å². The fourth-order valence-corrected chi connectivity index (χ4v) is 3.23. The summed E-state index contributed by atoms with van der Waals surface area (Å²) in [7, 11) is 0. The molecule has 2 aromatic rings. The Kier molecular flexibility index (Phi) is 9.01. The van der Waals surface area contributed by atoms with Crippen molar-refractivity contribution in [3.05, 3.63) is 62.6 Å². The predicted molar refractivity (Wildman–Crippen MR) is 121 cm³/mol. The number of nitrogens with zero attached hydrogens (tertiary/aromatic N) is 1. The fraction of sp³-hybridized carbons (Fsp3) is 0.300. The molecule has 2 rings (SSSR count). The third kappa shape index (κ3) is 7.10. The first-order valence-electron chi connectivity index (χ1n) is 9.20. The van der Waals surface area contributed by atoms with Gasteiger partial charge in [0, 0.05) is 11.6 Å². The van der Waals surface area contributed by atoms with E-state index in [0.717, 1.165) is 12.8 Å². The van der Waals surface area contributed by atoms with Crippen molar-refractivity contribution in [2.45, 2.75) is 32.6 Å². The lowest BCUT2D eigenvalue weighted by atomic mass is 10.2. The number of rotatable bonds is 9. The Hall–Kier alpha value is -2.52. The van der Waals surface area contributed by atoms with Crippen LogP contribution in [0.3, 0.4) is 0 Å². The van der Waals surface area contributed by atoms with Crippen LogP contribution >= 0.6 is 28.1 Å². The first kappa shape index (κ1) is 22.8. The van der Waals surface area contributed by atoms with Crippen molar-refractivity contribution in [1.29, 1.82) is 0 Å². The van der Waals surface area contributed by atoms with Gasteiger partial charge in [-0.1, -0.05) is 38.3 Å². The van der Waals surface area contributed by atoms with Gasteiger partial charge in [-0.3, -0.25) is 20.2 Å². The van der Waals surface area contributed by atoms with Gasteiger partial charge in [0.1, 0.15) is 11.4 Å². The number of ether oxygens (including phenoxy) is 1. The number of carbonyl (C=O) groups is 1. The molecular weight excluding hydrogens is 458 g/mol. The zero-order valence-electron chi connectivity index (χ0n) is 15.9. The number of unbranched alkanes of at least 4 members (excludes halogenated alkanes) is 3. The maximum atomic E-state index is 12.4. The Balaban J connectivity index is 1.94. The van der Waals surface area contributed by atoms with Gasteiger partial charge in [-0.15, -0.1) is 0 Å². The first-order chi connectivity index (χ1) is 13.9. The monoisotopic (exact) mass is 479 g/mol. The SMILES string of the molecule is CCCCCCOc1ccc(C(=O)NC(=S)Nc2ccccc2[N+](=O)[O-])cc1Br. The molecule has 9 heteroatoms. The highest BCUT2D eigenvalue weighted by atomic mass is 79.9. The molecule has 0 aromatic heterocycles. The highest BCUT2D eigenvalue weighted by molar-refractivity contribution is 9.10. The molecular formula is C20H22BrN3O4S. The maximum absolute atomic E-state index is 12.4. The summed E-state index contributed by atoms with van der Waals surface area (Å²) < 4.78 is 6.40. The Morgan fingerprint density at radius 2 is 1.97 bits per heavy atom. The van der Waals surface area contributed by atoms with Crippen molar-refractivity contribution in [1.82, 2.24) is 5.32 Å². The van der Waals surface area contributed by atoms with Crippen LogP contribution in [0.2, 0.25) is 0 Å². The molecule has 0 saturated heterocycles. The largest absolute Gasteiger partial charge is 0.492 e. The molecule has 7 nitrogen and oxygen atoms in total. The average molecular weight is 480 g/mol. The highest BCUT2D eigenvalue weighted by Crippen LogP contribution is 2.26. The van der Waals surface area contributed by atoms with Crippen LogP contribution in [0.1, 0.15) is 43.0 Å². The second-order valence-electron chi connectivity index (χ2n) is 6.24. The molecule has 0 radical (unpaired) electrons. The summed E-state index contributed by atoms with van der Waals surface area (Å²) >= 11 is 8.52. The molecule has 29 heavy (non-hydrogen) atoms. The third-order valence-electron chi connectivity index (χ3n) is 4.03. The lowest BCUT2D eigenvalue weighted by Crippen LogP contribution is -2.34. The molecule has 2 N–H and O–H groups in total. The molecule has 154 valence electrons. The number of nitrogens with one attached hydrogen (secondary N) is 2. The van der Waals surface area contributed by atoms with Crippen molar-refractivity contribution in [2.24, 2.45) is 0 Å². The quantitative estimate of drug-likeness (QED) is 0.215. The molecule has 0 aliphatic heterocycles. The molecule has 0 aliphatic rings. The van der Waals surface area contributed by atoms with Gasteiger partial charge in [0.2, 0.25) is 0 Å². The molecule has 0 spiro atoms. The van der Waals surface area contributed by atoms with E-state index in [-0.39, 0.29) is 16.5 Å². The van der Waals surface area contributed by atoms with Crippen molar-refractivity contribution in [3.8, 4) is 5.75 Å². The normalized spacial score (nSPS) is 10.3. The summed E-state index contributed by atoms with van der Waals surface area (Å²) in [5.41, 5.74) is 0.449. The number of carbonyl (C=O) groups excluding carboxylic acids is 1. The zero-order chi connectivity index (χ0) is 21.2. The number of hydrogen-bond acceptors (Lipinski definition) is 5. The standard InChI is InChI=1S/C20H22BrN3O4S/c1-2-3-4-7-12-28-18-11-10-14(13-15(18)21)19(25)23-20(29)22-16-8-5-6-9-17(16)24(26)27/h5-6,8-11,13H,2-4,7,12H2,1H3,(H2,22,23,25,29). The van der Waals surface area contributed by atoms with Crippen molar-refractivity contribution >= 4 is 50.5 Å². The second kappa shape index (κ2) is 11.5. The Morgan fingerprint density at radius 3 is 2.66 bits per heavy atom. The van der Waals surface area contributed by atoms with Crippen molar-refractivity contribution in [2.75, 3.05) is 11.9 Å². The number of nitro benzene ring substituents is 1. The number of thiocarbonyl (C=S) groups is 1. The van der Waals surface area contributed by atoms with Crippen LogP contribution in [0, 0.1) is 10.1 Å². The maximum Gasteiger partial charge on any atom is 0.292 e. The van der Waals surface area contributed by atoms with Crippen LogP contribution in [-0.2, 0) is 0 Å². The van der Waals surface area contributed by atoms with Gasteiger partial charge in [-0.25, -0.2) is 0 Å². The number of anilines is 1. The fourth-order valence-electron chi connectivity index (χ4n) is 2.54. The van der Waals surface area contributed by atoms with Crippen LogP contribution in [0.15, 0.2) is 46.9 Å². The molecule has 0 saturated carbocycles. The second-order valence-corrected chi connectivity index (χ2v) is 7.50. The molecule has 0 atom stereocenters. The van der Waals surface area contributed by atoms with E-state index in [9.17, 15) is 14.9 Å². The molecule has 0 heterocycles. The predicted octanol–water partition coefficient (Wildman–Crippen LogP) is 5.44. The minimum absolute atomic E-state index is 0.0309. The van der Waals surface area contributed by atoms with Crippen molar-refractivity contribution in [3.63, 3.8) is 0 Å². The average Bonchev–Trinajstić information content (AvgIpc) is 2.69. The molecule has 0 unspecified atom stereocenters. The minimum atomic E-state index is -0.523. The van der Waals surface area contributed by atoms with E-state index in [1.54, 1.807) is 30.3 Å². The number of halogens is 1. The van der Waals surface area contributed by atoms with Crippen LogP contribution in [0.5, 0.6) is 5.75 Å². The van der Waals surface area contributed by atoms with Crippen LogP contribution in [-0.4, -0.2) is 22.5 Å². The highest BCUT2D eigenvalue weighted by Gasteiger charge is 2.15. The van der Waals surface area contributed by atoms with E-state index in [1.165, 1.54) is 25.0 Å². The first-order valence-corrected chi connectivity index (χ1v) is 10.4. The number of para-hydroxylation sites is 2. The van der Waals surface area contributed by atoms with Gasteiger partial charge in [0.05, 0.1) is 16.0 Å². The number of hydrogen-bond donors (Lipinski definition) is 2. The van der Waals surface area contributed by atoms with E-state index in [4.69, 9.17) is 17.0 Å². The third-order valence-corrected chi connectivity index (χ3v) is 4.85. The van der Waals surface area contributed by atoms with Gasteiger partial charge in [0.15, 0.2) is 5.11 Å². The van der Waals surface area contributed by atoms with Gasteiger partial charge < -0.3 is 10.1 Å². The van der Waals surface area contributed by atoms with Crippen LogP contribution < -0.4 is 15.4 Å². The Bertz CT molecular complexity index is 892. The summed E-state index contributed by atoms with van der Waals surface area (Å²) in [6.45, 7) is 2.78. The lowest BCUT2D eigenvalue weighted by molar-refractivity contribution is -0.383. The molecule has 1 amide bonds. The number of amides is 1.